The van der Waals surface area contributed by atoms with Gasteiger partial charge in [-0.25, -0.2) is 4.85 Å². The number of hydrogen-bond acceptors (Lipinski definition) is 2. The molecule has 0 atom stereocenters. The number of nitrogen functional groups attached to an aromatic ring is 1. The summed E-state index contributed by atoms with van der Waals surface area (Å²) in [6.07, 6.45) is 3.17. The van der Waals surface area contributed by atoms with Crippen LogP contribution in [0.25, 0.3) is 10.9 Å². The van der Waals surface area contributed by atoms with Crippen molar-refractivity contribution in [3.8, 4) is 0 Å². The van der Waals surface area contributed by atoms with Crippen LogP contribution in [0.1, 0.15) is 11.1 Å². The number of nitrogens with zero attached hydrogens (tertiary/aromatic N) is 1. The second-order valence-corrected chi connectivity index (χ2v) is 5.06. The number of thioether (sulfide) groups is 1. The largest absolute Gasteiger partial charge is 0.398 e. The van der Waals surface area contributed by atoms with E-state index < -0.39 is 0 Å². The lowest BCUT2D eigenvalue weighted by atomic mass is 10.2. The quantitative estimate of drug-likeness (QED) is 0.503. The van der Waals surface area contributed by atoms with Crippen LogP contribution in [0.2, 0.25) is 0 Å². The number of nitrogens with two attached hydrogens (primary N) is 1. The van der Waals surface area contributed by atoms with Crippen molar-refractivity contribution in [3.05, 3.63) is 77.3 Å². The van der Waals surface area contributed by atoms with Crippen molar-refractivity contribution in [1.29, 1.82) is 0 Å². The van der Waals surface area contributed by atoms with Gasteiger partial charge in [0, 0.05) is 16.3 Å². The van der Waals surface area contributed by atoms with Gasteiger partial charge in [-0.15, -0.1) is 11.8 Å². The summed E-state index contributed by atoms with van der Waals surface area (Å²) in [6, 6.07) is 16.3. The monoisotopic (exact) mass is 266 g/mol. The third kappa shape index (κ3) is 3.90. The summed E-state index contributed by atoms with van der Waals surface area (Å²) in [5.41, 5.74) is 8.76. The summed E-state index contributed by atoms with van der Waals surface area (Å²) in [5.74, 6) is 0.927. The van der Waals surface area contributed by atoms with Crippen LogP contribution in [0.15, 0.2) is 59.6 Å². The average molecular weight is 266 g/mol. The van der Waals surface area contributed by atoms with Crippen LogP contribution in [0.3, 0.4) is 0 Å². The first-order valence-electron chi connectivity index (χ1n) is 5.89. The Labute approximate surface area is 117 Å². The van der Waals surface area contributed by atoms with E-state index >= 15 is 0 Å². The summed E-state index contributed by atoms with van der Waals surface area (Å²) in [7, 11) is 0. The van der Waals surface area contributed by atoms with Crippen LogP contribution >= 0.6 is 11.8 Å². The highest BCUT2D eigenvalue weighted by molar-refractivity contribution is 7.98. The molecule has 0 aromatic heterocycles. The molecule has 0 unspecified atom stereocenters. The van der Waals surface area contributed by atoms with E-state index in [2.05, 4.69) is 17.0 Å². The molecule has 2 aromatic carbocycles. The molecule has 0 heterocycles. The van der Waals surface area contributed by atoms with Crippen LogP contribution in [0, 0.1) is 6.57 Å². The number of hydrogen-bond donors (Lipinski definition) is 1. The van der Waals surface area contributed by atoms with E-state index in [1.165, 1.54) is 11.8 Å². The van der Waals surface area contributed by atoms with Gasteiger partial charge < -0.3 is 5.73 Å². The minimum absolute atomic E-state index is 0.698. The molecule has 0 amide bonds. The van der Waals surface area contributed by atoms with Crippen molar-refractivity contribution in [1.82, 2.24) is 0 Å². The molecule has 0 aliphatic carbocycles. The Hall–Kier alpha value is -2.18. The van der Waals surface area contributed by atoms with Crippen molar-refractivity contribution < 1.29 is 0 Å². The third-order valence-electron chi connectivity index (χ3n) is 2.64. The molecule has 2 rings (SSSR count). The Bertz CT molecular complexity index is 612. The van der Waals surface area contributed by atoms with Gasteiger partial charge in [0.1, 0.15) is 0 Å². The Morgan fingerprint density at radius 2 is 1.95 bits per heavy atom. The van der Waals surface area contributed by atoms with Crippen LogP contribution < -0.4 is 5.73 Å². The molecule has 19 heavy (non-hydrogen) atoms. The molecule has 94 valence electrons. The van der Waals surface area contributed by atoms with E-state index in [1.807, 2.05) is 36.4 Å². The van der Waals surface area contributed by atoms with Crippen LogP contribution in [0.4, 0.5) is 5.69 Å². The van der Waals surface area contributed by atoms with E-state index in [1.54, 1.807) is 17.8 Å². The van der Waals surface area contributed by atoms with Crippen molar-refractivity contribution in [3.63, 3.8) is 0 Å². The lowest BCUT2D eigenvalue weighted by Gasteiger charge is -2.05. The minimum atomic E-state index is 0.698. The second kappa shape index (κ2) is 6.67. The lowest BCUT2D eigenvalue weighted by Crippen LogP contribution is -1.89. The molecule has 0 aliphatic rings. The Kier molecular flexibility index (Phi) is 4.66. The third-order valence-corrected chi connectivity index (χ3v) is 3.70. The fraction of sp³-hybridized carbons (Fsp3) is 0.0625. The molecule has 0 aliphatic heterocycles. The van der Waals surface area contributed by atoms with E-state index in [0.29, 0.717) is 5.69 Å². The molecule has 0 saturated carbocycles. The van der Waals surface area contributed by atoms with Gasteiger partial charge in [0.2, 0.25) is 0 Å². The number of anilines is 1. The zero-order valence-electron chi connectivity index (χ0n) is 10.4. The first-order valence-corrected chi connectivity index (χ1v) is 6.87. The molecular formula is C16H14N2S. The van der Waals surface area contributed by atoms with E-state index in [9.17, 15) is 0 Å². The fourth-order valence-electron chi connectivity index (χ4n) is 1.65. The number of benzene rings is 2. The molecule has 3 heteroatoms. The second-order valence-electron chi connectivity index (χ2n) is 4.01. The predicted octanol–water partition coefficient (Wildman–Crippen LogP) is 4.45. The van der Waals surface area contributed by atoms with E-state index in [-0.39, 0.29) is 0 Å². The zero-order chi connectivity index (χ0) is 13.5. The van der Waals surface area contributed by atoms with E-state index in [0.717, 1.165) is 16.2 Å². The van der Waals surface area contributed by atoms with Gasteiger partial charge >= 0.3 is 0 Å². The molecular weight excluding hydrogens is 252 g/mol. The molecule has 2 aromatic rings. The molecule has 0 fully saturated rings. The van der Waals surface area contributed by atoms with Crippen molar-refractivity contribution in [2.45, 2.75) is 10.6 Å². The van der Waals surface area contributed by atoms with Crippen molar-refractivity contribution in [2.24, 2.45) is 0 Å². The molecule has 0 bridgehead atoms. The van der Waals surface area contributed by atoms with Crippen LogP contribution in [-0.4, -0.2) is 0 Å². The Morgan fingerprint density at radius 1 is 1.16 bits per heavy atom. The van der Waals surface area contributed by atoms with Gasteiger partial charge in [-0.1, -0.05) is 36.4 Å². The average Bonchev–Trinajstić information content (AvgIpc) is 2.46. The van der Waals surface area contributed by atoms with Gasteiger partial charge in [0.05, 0.1) is 6.57 Å². The van der Waals surface area contributed by atoms with Crippen molar-refractivity contribution >= 4 is 23.5 Å². The minimum Gasteiger partial charge on any atom is -0.398 e. The van der Waals surface area contributed by atoms with Gasteiger partial charge in [-0.05, 0) is 29.3 Å². The Balaban J connectivity index is 2.09. The zero-order valence-corrected chi connectivity index (χ0v) is 11.2. The highest BCUT2D eigenvalue weighted by Crippen LogP contribution is 2.26. The lowest BCUT2D eigenvalue weighted by molar-refractivity contribution is 1.38. The normalized spacial score (nSPS) is 10.5. The SMILES string of the molecule is [C-]#[N+]/C=C/c1cc(SCc2ccccc2)ccc1N. The highest BCUT2D eigenvalue weighted by Gasteiger charge is 2.00. The van der Waals surface area contributed by atoms with Gasteiger partial charge in [-0.3, -0.25) is 0 Å². The standard InChI is InChI=1S/C16H14N2S/c1-18-10-9-14-11-15(7-8-16(14)17)19-12-13-5-3-2-4-6-13/h2-11H,12,17H2/b10-9+. The van der Waals surface area contributed by atoms with Gasteiger partial charge in [-0.2, -0.15) is 0 Å². The highest BCUT2D eigenvalue weighted by atomic mass is 32.2. The topological polar surface area (TPSA) is 30.4 Å². The van der Waals surface area contributed by atoms with Crippen molar-refractivity contribution in [2.75, 3.05) is 5.73 Å². The predicted molar refractivity (Wildman–Crippen MR) is 82.5 cm³/mol. The maximum Gasteiger partial charge on any atom is 0.154 e. The maximum atomic E-state index is 6.76. The summed E-state index contributed by atoms with van der Waals surface area (Å²) in [6.45, 7) is 6.76. The first-order chi connectivity index (χ1) is 9.29. The van der Waals surface area contributed by atoms with Crippen LogP contribution in [-0.2, 0) is 5.75 Å². The smallest absolute Gasteiger partial charge is 0.154 e. The summed E-state index contributed by atoms with van der Waals surface area (Å²) < 4.78 is 0. The first kappa shape index (κ1) is 13.3. The fourth-order valence-corrected chi connectivity index (χ4v) is 2.55. The van der Waals surface area contributed by atoms with Gasteiger partial charge in [0.15, 0.2) is 6.20 Å². The maximum absolute atomic E-state index is 6.76. The van der Waals surface area contributed by atoms with Gasteiger partial charge in [0.25, 0.3) is 0 Å². The molecule has 0 saturated heterocycles. The molecule has 2 N–H and O–H groups in total. The van der Waals surface area contributed by atoms with E-state index in [4.69, 9.17) is 12.3 Å². The summed E-state index contributed by atoms with van der Waals surface area (Å²) >= 11 is 1.76. The van der Waals surface area contributed by atoms with Crippen LogP contribution in [0.5, 0.6) is 0 Å². The summed E-state index contributed by atoms with van der Waals surface area (Å²) in [4.78, 5) is 4.36. The summed E-state index contributed by atoms with van der Waals surface area (Å²) in [5, 5.41) is 0. The molecule has 0 spiro atoms. The molecule has 0 radical (unpaired) electrons. The number of rotatable bonds is 4. The Morgan fingerprint density at radius 3 is 2.68 bits per heavy atom. The molecule has 2 nitrogen and oxygen atoms in total.